The second-order valence-electron chi connectivity index (χ2n) is 6.35. The Balaban J connectivity index is 1.69. The maximum absolute atomic E-state index is 13.0. The molecular weight excluding hydrogens is 375 g/mol. The van der Waals surface area contributed by atoms with E-state index in [1.807, 2.05) is 0 Å². The van der Waals surface area contributed by atoms with E-state index in [0.29, 0.717) is 17.5 Å². The molecule has 6 nitrogen and oxygen atoms in total. The summed E-state index contributed by atoms with van der Waals surface area (Å²) in [4.78, 5) is 31.4. The van der Waals surface area contributed by atoms with E-state index in [1.54, 1.807) is 12.1 Å². The molecular formula is C19H14F3N3O3. The number of hydrogen-bond donors (Lipinski definition) is 2. The summed E-state index contributed by atoms with van der Waals surface area (Å²) in [6.07, 6.45) is -4.08. The lowest BCUT2D eigenvalue weighted by atomic mass is 10.1. The number of imidazole rings is 1. The number of hydrogen-bond acceptors (Lipinski definition) is 4. The number of rotatable bonds is 3. The highest BCUT2D eigenvalue weighted by Gasteiger charge is 2.31. The van der Waals surface area contributed by atoms with Crippen LogP contribution in [0.25, 0.3) is 22.4 Å². The van der Waals surface area contributed by atoms with Crippen LogP contribution in [-0.2, 0) is 15.7 Å². The Labute approximate surface area is 156 Å². The maximum Gasteiger partial charge on any atom is 0.416 e. The number of carbonyl (C=O) groups is 2. The molecule has 0 aliphatic carbocycles. The number of aromatic nitrogens is 2. The van der Waals surface area contributed by atoms with Crippen LogP contribution >= 0.6 is 0 Å². The number of cyclic esters (lactones) is 1. The van der Waals surface area contributed by atoms with Gasteiger partial charge in [-0.1, -0.05) is 18.2 Å². The van der Waals surface area contributed by atoms with Gasteiger partial charge in [-0.15, -0.1) is 0 Å². The van der Waals surface area contributed by atoms with Gasteiger partial charge in [0.2, 0.25) is 0 Å². The maximum atomic E-state index is 13.0. The van der Waals surface area contributed by atoms with E-state index in [2.05, 4.69) is 15.3 Å². The third-order valence-electron chi connectivity index (χ3n) is 4.46. The highest BCUT2D eigenvalue weighted by molar-refractivity contribution is 6.06. The predicted molar refractivity (Wildman–Crippen MR) is 93.4 cm³/mol. The molecule has 3 aromatic rings. The molecule has 0 radical (unpaired) electrons. The number of nitrogens with zero attached hydrogens (tertiary/aromatic N) is 1. The first-order valence-electron chi connectivity index (χ1n) is 8.47. The van der Waals surface area contributed by atoms with Crippen molar-refractivity contribution < 1.29 is 27.5 Å². The van der Waals surface area contributed by atoms with Gasteiger partial charge in [-0.05, 0) is 24.3 Å². The quantitative estimate of drug-likeness (QED) is 0.674. The molecule has 1 aliphatic rings. The standard InChI is InChI=1S/C19H14F3N3O3/c20-19(21,22)11-4-1-3-10(9-11)16-23-13-6-2-5-12(15(13)25-16)17(26)24-14-7-8-28-18(14)27/h1-6,9,14H,7-8H2,(H,23,25)(H,24,26). The molecule has 0 spiro atoms. The zero-order chi connectivity index (χ0) is 19.9. The number of carbonyl (C=O) groups excluding carboxylic acids is 2. The van der Waals surface area contributed by atoms with Crippen LogP contribution in [0.3, 0.4) is 0 Å². The molecule has 0 saturated carbocycles. The van der Waals surface area contributed by atoms with Gasteiger partial charge in [0.25, 0.3) is 5.91 Å². The minimum absolute atomic E-state index is 0.210. The van der Waals surface area contributed by atoms with Crippen LogP contribution in [0, 0.1) is 0 Å². The number of benzene rings is 2. The predicted octanol–water partition coefficient (Wildman–Crippen LogP) is 3.29. The number of esters is 1. The molecule has 0 bridgehead atoms. The number of fused-ring (bicyclic) bond motifs is 1. The molecule has 144 valence electrons. The Bertz CT molecular complexity index is 1070. The van der Waals surface area contributed by atoms with Crippen LogP contribution in [0.15, 0.2) is 42.5 Å². The molecule has 9 heteroatoms. The summed E-state index contributed by atoms with van der Waals surface area (Å²) in [6, 6.07) is 8.88. The van der Waals surface area contributed by atoms with Gasteiger partial charge in [0.15, 0.2) is 0 Å². The fourth-order valence-corrected chi connectivity index (χ4v) is 3.06. The Kier molecular flexibility index (Phi) is 4.29. The molecule has 1 atom stereocenters. The fourth-order valence-electron chi connectivity index (χ4n) is 3.06. The highest BCUT2D eigenvalue weighted by atomic mass is 19.4. The van der Waals surface area contributed by atoms with Gasteiger partial charge in [-0.3, -0.25) is 4.79 Å². The van der Waals surface area contributed by atoms with Gasteiger partial charge in [-0.2, -0.15) is 13.2 Å². The molecule has 2 N–H and O–H groups in total. The Morgan fingerprint density at radius 1 is 1.21 bits per heavy atom. The monoisotopic (exact) mass is 389 g/mol. The molecule has 2 aromatic carbocycles. The number of nitrogens with one attached hydrogen (secondary N) is 2. The van der Waals surface area contributed by atoms with E-state index in [4.69, 9.17) is 4.74 Å². The molecule has 28 heavy (non-hydrogen) atoms. The van der Waals surface area contributed by atoms with E-state index >= 15 is 0 Å². The summed E-state index contributed by atoms with van der Waals surface area (Å²) < 4.78 is 43.7. The number of ether oxygens (including phenoxy) is 1. The van der Waals surface area contributed by atoms with Crippen molar-refractivity contribution in [2.75, 3.05) is 6.61 Å². The average molecular weight is 389 g/mol. The third-order valence-corrected chi connectivity index (χ3v) is 4.46. The van der Waals surface area contributed by atoms with Gasteiger partial charge >= 0.3 is 12.1 Å². The van der Waals surface area contributed by atoms with Crippen LogP contribution < -0.4 is 5.32 Å². The largest absolute Gasteiger partial charge is 0.464 e. The van der Waals surface area contributed by atoms with Crippen molar-refractivity contribution in [3.63, 3.8) is 0 Å². The van der Waals surface area contributed by atoms with Gasteiger partial charge in [0.05, 0.1) is 23.3 Å². The molecule has 1 aromatic heterocycles. The SMILES string of the molecule is O=C(NC1CCOC1=O)c1cccc2[nH]c(-c3cccc(C(F)(F)F)c3)nc12. The van der Waals surface area contributed by atoms with Crippen LogP contribution in [0.1, 0.15) is 22.3 Å². The summed E-state index contributed by atoms with van der Waals surface area (Å²) in [6.45, 7) is 0.246. The fraction of sp³-hybridized carbons (Fsp3) is 0.211. The molecule has 2 heterocycles. The second kappa shape index (κ2) is 6.66. The number of H-pyrrole nitrogens is 1. The van der Waals surface area contributed by atoms with Crippen molar-refractivity contribution in [3.05, 3.63) is 53.6 Å². The van der Waals surface area contributed by atoms with Crippen LogP contribution in [0.2, 0.25) is 0 Å². The van der Waals surface area contributed by atoms with Crippen molar-refractivity contribution in [1.82, 2.24) is 15.3 Å². The van der Waals surface area contributed by atoms with Crippen molar-refractivity contribution >= 4 is 22.9 Å². The van der Waals surface area contributed by atoms with Crippen molar-refractivity contribution in [3.8, 4) is 11.4 Å². The Morgan fingerprint density at radius 3 is 2.71 bits per heavy atom. The van der Waals surface area contributed by atoms with E-state index < -0.39 is 29.7 Å². The minimum Gasteiger partial charge on any atom is -0.464 e. The second-order valence-corrected chi connectivity index (χ2v) is 6.35. The first kappa shape index (κ1) is 18.0. The summed E-state index contributed by atoms with van der Waals surface area (Å²) >= 11 is 0. The number of aromatic amines is 1. The first-order valence-corrected chi connectivity index (χ1v) is 8.47. The number of halogens is 3. The molecule has 1 amide bonds. The lowest BCUT2D eigenvalue weighted by Crippen LogP contribution is -2.38. The van der Waals surface area contributed by atoms with Gasteiger partial charge in [0, 0.05) is 12.0 Å². The summed E-state index contributed by atoms with van der Waals surface area (Å²) in [5.41, 5.74) is 0.472. The molecule has 1 unspecified atom stereocenters. The number of para-hydroxylation sites is 1. The smallest absolute Gasteiger partial charge is 0.416 e. The van der Waals surface area contributed by atoms with Crippen LogP contribution in [-0.4, -0.2) is 34.5 Å². The summed E-state index contributed by atoms with van der Waals surface area (Å²) in [5.74, 6) is -0.787. The van der Waals surface area contributed by atoms with Crippen LogP contribution in [0.5, 0.6) is 0 Å². The zero-order valence-electron chi connectivity index (χ0n) is 14.3. The number of amides is 1. The summed E-state index contributed by atoms with van der Waals surface area (Å²) in [5, 5.41) is 2.60. The molecule has 4 rings (SSSR count). The number of alkyl halides is 3. The lowest BCUT2D eigenvalue weighted by molar-refractivity contribution is -0.139. The van der Waals surface area contributed by atoms with Crippen LogP contribution in [0.4, 0.5) is 13.2 Å². The topological polar surface area (TPSA) is 84.1 Å². The minimum atomic E-state index is -4.47. The molecule has 1 saturated heterocycles. The summed E-state index contributed by atoms with van der Waals surface area (Å²) in [7, 11) is 0. The average Bonchev–Trinajstić information content (AvgIpc) is 3.27. The van der Waals surface area contributed by atoms with Crippen molar-refractivity contribution in [2.24, 2.45) is 0 Å². The lowest BCUT2D eigenvalue weighted by Gasteiger charge is -2.09. The van der Waals surface area contributed by atoms with Gasteiger partial charge in [-0.25, -0.2) is 9.78 Å². The Morgan fingerprint density at radius 2 is 2.00 bits per heavy atom. The van der Waals surface area contributed by atoms with Crippen molar-refractivity contribution in [2.45, 2.75) is 18.6 Å². The van der Waals surface area contributed by atoms with Gasteiger partial charge in [0.1, 0.15) is 17.4 Å². The van der Waals surface area contributed by atoms with E-state index in [0.717, 1.165) is 12.1 Å². The zero-order valence-corrected chi connectivity index (χ0v) is 14.3. The third kappa shape index (κ3) is 3.30. The highest BCUT2D eigenvalue weighted by Crippen LogP contribution is 2.32. The molecule has 1 fully saturated rings. The Hall–Kier alpha value is -3.36. The van der Waals surface area contributed by atoms with Gasteiger partial charge < -0.3 is 15.0 Å². The van der Waals surface area contributed by atoms with E-state index in [1.165, 1.54) is 18.2 Å². The first-order chi connectivity index (χ1) is 13.3. The van der Waals surface area contributed by atoms with E-state index in [9.17, 15) is 22.8 Å². The normalized spacial score (nSPS) is 17.0. The van der Waals surface area contributed by atoms with Crippen molar-refractivity contribution in [1.29, 1.82) is 0 Å². The molecule has 1 aliphatic heterocycles. The van der Waals surface area contributed by atoms with E-state index in [-0.39, 0.29) is 23.6 Å².